The number of imide groups is 1. The van der Waals surface area contributed by atoms with Crippen LogP contribution in [0, 0.1) is 5.92 Å². The van der Waals surface area contributed by atoms with E-state index >= 15 is 0 Å². The molecular formula is C13H26N4O2. The van der Waals surface area contributed by atoms with Crippen molar-refractivity contribution in [2.24, 2.45) is 5.92 Å². The van der Waals surface area contributed by atoms with Crippen LogP contribution in [-0.2, 0) is 4.79 Å². The van der Waals surface area contributed by atoms with E-state index in [1.165, 1.54) is 0 Å². The number of rotatable bonds is 6. The van der Waals surface area contributed by atoms with Gasteiger partial charge in [0.2, 0.25) is 5.91 Å². The minimum Gasteiger partial charge on any atom is -0.338 e. The summed E-state index contributed by atoms with van der Waals surface area (Å²) >= 11 is 0. The first-order valence-corrected chi connectivity index (χ1v) is 7.16. The van der Waals surface area contributed by atoms with E-state index in [9.17, 15) is 9.59 Å². The predicted molar refractivity (Wildman–Crippen MR) is 74.9 cm³/mol. The molecule has 1 fully saturated rings. The molecule has 1 aliphatic heterocycles. The van der Waals surface area contributed by atoms with Gasteiger partial charge in [-0.1, -0.05) is 6.92 Å². The van der Waals surface area contributed by atoms with Crippen LogP contribution in [0.15, 0.2) is 0 Å². The summed E-state index contributed by atoms with van der Waals surface area (Å²) in [6.45, 7) is 8.55. The Morgan fingerprint density at radius 2 is 1.95 bits per heavy atom. The van der Waals surface area contributed by atoms with Crippen molar-refractivity contribution in [1.82, 2.24) is 20.9 Å². The van der Waals surface area contributed by atoms with E-state index in [4.69, 9.17) is 0 Å². The number of nitrogens with one attached hydrogen (secondary N) is 3. The van der Waals surface area contributed by atoms with Crippen molar-refractivity contribution >= 4 is 11.9 Å². The molecule has 3 amide bonds. The monoisotopic (exact) mass is 270 g/mol. The molecule has 0 aliphatic carbocycles. The topological polar surface area (TPSA) is 73.5 Å². The van der Waals surface area contributed by atoms with Gasteiger partial charge < -0.3 is 10.6 Å². The molecule has 1 heterocycles. The molecule has 19 heavy (non-hydrogen) atoms. The van der Waals surface area contributed by atoms with Crippen molar-refractivity contribution < 1.29 is 9.59 Å². The summed E-state index contributed by atoms with van der Waals surface area (Å²) in [4.78, 5) is 25.1. The first-order valence-electron chi connectivity index (χ1n) is 7.16. The SMILES string of the molecule is CCNC(=O)NC(=O)CN(CC)CC1CCNCC1. The fraction of sp³-hybridized carbons (Fsp3) is 0.846. The van der Waals surface area contributed by atoms with Crippen LogP contribution in [0.25, 0.3) is 0 Å². The number of hydrogen-bond donors (Lipinski definition) is 3. The summed E-state index contributed by atoms with van der Waals surface area (Å²) in [5, 5.41) is 8.23. The van der Waals surface area contributed by atoms with Crippen molar-refractivity contribution in [2.75, 3.05) is 39.3 Å². The molecule has 0 radical (unpaired) electrons. The number of piperidine rings is 1. The van der Waals surface area contributed by atoms with Gasteiger partial charge in [-0.2, -0.15) is 0 Å². The summed E-state index contributed by atoms with van der Waals surface area (Å²) in [5.41, 5.74) is 0. The van der Waals surface area contributed by atoms with Crippen molar-refractivity contribution in [1.29, 1.82) is 0 Å². The maximum atomic E-state index is 11.7. The smallest absolute Gasteiger partial charge is 0.321 e. The fourth-order valence-corrected chi connectivity index (χ4v) is 2.31. The highest BCUT2D eigenvalue weighted by Crippen LogP contribution is 2.13. The minimum atomic E-state index is -0.412. The molecule has 6 heteroatoms. The Morgan fingerprint density at radius 3 is 2.53 bits per heavy atom. The second-order valence-corrected chi connectivity index (χ2v) is 4.93. The number of amides is 3. The summed E-state index contributed by atoms with van der Waals surface area (Å²) in [7, 11) is 0. The highest BCUT2D eigenvalue weighted by atomic mass is 16.2. The largest absolute Gasteiger partial charge is 0.338 e. The second kappa shape index (κ2) is 8.87. The Balaban J connectivity index is 2.30. The third-order valence-corrected chi connectivity index (χ3v) is 3.38. The minimum absolute atomic E-state index is 0.235. The van der Waals surface area contributed by atoms with Gasteiger partial charge in [-0.15, -0.1) is 0 Å². The lowest BCUT2D eigenvalue weighted by Crippen LogP contribution is -2.46. The zero-order valence-electron chi connectivity index (χ0n) is 12.0. The molecule has 0 aromatic heterocycles. The highest BCUT2D eigenvalue weighted by Gasteiger charge is 2.18. The van der Waals surface area contributed by atoms with E-state index in [1.54, 1.807) is 0 Å². The van der Waals surface area contributed by atoms with Crippen LogP contribution in [0.1, 0.15) is 26.7 Å². The number of likely N-dealkylation sites (N-methyl/N-ethyl adjacent to an activating group) is 1. The van der Waals surface area contributed by atoms with E-state index in [0.717, 1.165) is 39.0 Å². The lowest BCUT2D eigenvalue weighted by atomic mass is 9.97. The molecule has 0 saturated carbocycles. The molecule has 0 aromatic carbocycles. The normalized spacial score (nSPS) is 16.4. The number of carbonyl (C=O) groups excluding carboxylic acids is 2. The van der Waals surface area contributed by atoms with Gasteiger partial charge in [0.15, 0.2) is 0 Å². The average Bonchev–Trinajstić information content (AvgIpc) is 2.39. The predicted octanol–water partition coefficient (Wildman–Crippen LogP) is 0.154. The summed E-state index contributed by atoms with van der Waals surface area (Å²) in [5.74, 6) is 0.417. The van der Waals surface area contributed by atoms with E-state index in [2.05, 4.69) is 20.9 Å². The summed E-state index contributed by atoms with van der Waals surface area (Å²) in [6.07, 6.45) is 2.32. The molecule has 1 saturated heterocycles. The van der Waals surface area contributed by atoms with Gasteiger partial charge in [0.05, 0.1) is 6.54 Å². The zero-order valence-corrected chi connectivity index (χ0v) is 12.0. The Bertz CT molecular complexity index is 290. The number of carbonyl (C=O) groups is 2. The molecule has 0 spiro atoms. The standard InChI is InChI=1S/C13H26N4O2/c1-3-15-13(19)16-12(18)10-17(4-2)9-11-5-7-14-8-6-11/h11,14H,3-10H2,1-2H3,(H2,15,16,18,19). The van der Waals surface area contributed by atoms with E-state index in [-0.39, 0.29) is 12.5 Å². The van der Waals surface area contributed by atoms with Crippen molar-refractivity contribution in [3.05, 3.63) is 0 Å². The van der Waals surface area contributed by atoms with Gasteiger partial charge in [-0.05, 0) is 45.3 Å². The van der Waals surface area contributed by atoms with Gasteiger partial charge in [0.1, 0.15) is 0 Å². The van der Waals surface area contributed by atoms with Crippen molar-refractivity contribution in [3.8, 4) is 0 Å². The van der Waals surface area contributed by atoms with Crippen LogP contribution in [-0.4, -0.2) is 56.1 Å². The van der Waals surface area contributed by atoms with Crippen molar-refractivity contribution in [3.63, 3.8) is 0 Å². The molecule has 110 valence electrons. The molecule has 0 aromatic rings. The third-order valence-electron chi connectivity index (χ3n) is 3.38. The van der Waals surface area contributed by atoms with Gasteiger partial charge in [-0.25, -0.2) is 4.79 Å². The molecule has 1 rings (SSSR count). The Kier molecular flexibility index (Phi) is 7.43. The average molecular weight is 270 g/mol. The number of nitrogens with zero attached hydrogens (tertiary/aromatic N) is 1. The highest BCUT2D eigenvalue weighted by molar-refractivity contribution is 5.95. The first-order chi connectivity index (χ1) is 9.15. The van der Waals surface area contributed by atoms with Gasteiger partial charge in [0, 0.05) is 13.1 Å². The molecule has 0 unspecified atom stereocenters. The molecule has 0 atom stereocenters. The maximum absolute atomic E-state index is 11.7. The van der Waals surface area contributed by atoms with Crippen LogP contribution >= 0.6 is 0 Å². The van der Waals surface area contributed by atoms with Gasteiger partial charge >= 0.3 is 6.03 Å². The molecular weight excluding hydrogens is 244 g/mol. The van der Waals surface area contributed by atoms with Crippen LogP contribution in [0.4, 0.5) is 4.79 Å². The van der Waals surface area contributed by atoms with Gasteiger partial charge in [-0.3, -0.25) is 15.0 Å². The van der Waals surface area contributed by atoms with Gasteiger partial charge in [0.25, 0.3) is 0 Å². The third kappa shape index (κ3) is 6.54. The lowest BCUT2D eigenvalue weighted by Gasteiger charge is -2.28. The van der Waals surface area contributed by atoms with Crippen LogP contribution in [0.2, 0.25) is 0 Å². The van der Waals surface area contributed by atoms with Crippen LogP contribution in [0.5, 0.6) is 0 Å². The Hall–Kier alpha value is -1.14. The summed E-state index contributed by atoms with van der Waals surface area (Å²) < 4.78 is 0. The zero-order chi connectivity index (χ0) is 14.1. The lowest BCUT2D eigenvalue weighted by molar-refractivity contribution is -0.121. The Labute approximate surface area is 115 Å². The van der Waals surface area contributed by atoms with Crippen molar-refractivity contribution in [2.45, 2.75) is 26.7 Å². The second-order valence-electron chi connectivity index (χ2n) is 4.93. The number of urea groups is 1. The van der Waals surface area contributed by atoms with E-state index in [1.807, 2.05) is 13.8 Å². The van der Waals surface area contributed by atoms with Crippen LogP contribution < -0.4 is 16.0 Å². The molecule has 3 N–H and O–H groups in total. The van der Waals surface area contributed by atoms with E-state index in [0.29, 0.717) is 12.5 Å². The van der Waals surface area contributed by atoms with Crippen LogP contribution in [0.3, 0.4) is 0 Å². The number of hydrogen-bond acceptors (Lipinski definition) is 4. The Morgan fingerprint density at radius 1 is 1.26 bits per heavy atom. The first kappa shape index (κ1) is 15.9. The molecule has 6 nitrogen and oxygen atoms in total. The summed E-state index contributed by atoms with van der Waals surface area (Å²) in [6, 6.07) is -0.412. The maximum Gasteiger partial charge on any atom is 0.321 e. The molecule has 0 bridgehead atoms. The van der Waals surface area contributed by atoms with E-state index < -0.39 is 6.03 Å². The quantitative estimate of drug-likeness (QED) is 0.642. The fourth-order valence-electron chi connectivity index (χ4n) is 2.31. The molecule has 1 aliphatic rings.